The number of thiocarbonyl (C=S) groups is 1. The van der Waals surface area contributed by atoms with Gasteiger partial charge in [-0.15, -0.1) is 0 Å². The molecule has 3 N–H and O–H groups in total. The van der Waals surface area contributed by atoms with E-state index in [9.17, 15) is 4.79 Å². The van der Waals surface area contributed by atoms with E-state index in [-0.39, 0.29) is 11.8 Å². The summed E-state index contributed by atoms with van der Waals surface area (Å²) in [7, 11) is 0. The van der Waals surface area contributed by atoms with Crippen LogP contribution in [0.2, 0.25) is 0 Å². The monoisotopic (exact) mass is 223 g/mol. The number of carbonyl (C=O) groups is 1. The number of hydrogen-bond donors (Lipinski definition) is 2. The number of nitrogens with zero attached hydrogens (tertiary/aromatic N) is 1. The summed E-state index contributed by atoms with van der Waals surface area (Å²) in [5, 5.41) is 2.71. The van der Waals surface area contributed by atoms with E-state index in [1.54, 1.807) is 24.4 Å². The summed E-state index contributed by atoms with van der Waals surface area (Å²) in [5.74, 6) is -0.216. The zero-order valence-corrected chi connectivity index (χ0v) is 9.25. The van der Waals surface area contributed by atoms with Gasteiger partial charge in [0.25, 0.3) is 5.91 Å². The zero-order valence-electron chi connectivity index (χ0n) is 8.43. The van der Waals surface area contributed by atoms with Gasteiger partial charge in [0.05, 0.1) is 4.99 Å². The SMILES string of the molecule is CC(CNC(=O)c1ccccn1)C(N)=S. The van der Waals surface area contributed by atoms with Crippen molar-refractivity contribution < 1.29 is 4.79 Å². The molecular formula is C10H13N3OS. The molecule has 0 bridgehead atoms. The average molecular weight is 223 g/mol. The van der Waals surface area contributed by atoms with Gasteiger partial charge in [-0.1, -0.05) is 25.2 Å². The van der Waals surface area contributed by atoms with Gasteiger partial charge < -0.3 is 11.1 Å². The number of pyridine rings is 1. The molecule has 0 spiro atoms. The summed E-state index contributed by atoms with van der Waals surface area (Å²) in [4.78, 5) is 15.8. The molecule has 0 radical (unpaired) electrons. The maximum Gasteiger partial charge on any atom is 0.269 e. The Labute approximate surface area is 93.9 Å². The van der Waals surface area contributed by atoms with Crippen LogP contribution >= 0.6 is 12.2 Å². The standard InChI is InChI=1S/C10H13N3OS/c1-7(9(11)15)6-13-10(14)8-4-2-3-5-12-8/h2-5,7H,6H2,1H3,(H2,11,15)(H,13,14). The molecule has 0 aromatic carbocycles. The van der Waals surface area contributed by atoms with Crippen molar-refractivity contribution >= 4 is 23.1 Å². The third kappa shape index (κ3) is 3.63. The van der Waals surface area contributed by atoms with Gasteiger partial charge in [0.1, 0.15) is 5.69 Å². The van der Waals surface area contributed by atoms with Crippen LogP contribution in [0.25, 0.3) is 0 Å². The van der Waals surface area contributed by atoms with E-state index >= 15 is 0 Å². The molecule has 1 aromatic heterocycles. The molecule has 1 aromatic rings. The minimum Gasteiger partial charge on any atom is -0.393 e. The molecule has 80 valence electrons. The lowest BCUT2D eigenvalue weighted by atomic mass is 10.2. The van der Waals surface area contributed by atoms with Crippen molar-refractivity contribution in [1.82, 2.24) is 10.3 Å². The second kappa shape index (κ2) is 5.41. The molecule has 5 heteroatoms. The molecule has 1 unspecified atom stereocenters. The Morgan fingerprint density at radius 1 is 1.67 bits per heavy atom. The lowest BCUT2D eigenvalue weighted by Crippen LogP contribution is -2.33. The van der Waals surface area contributed by atoms with E-state index in [1.165, 1.54) is 0 Å². The van der Waals surface area contributed by atoms with Crippen LogP contribution in [-0.4, -0.2) is 22.4 Å². The highest BCUT2D eigenvalue weighted by atomic mass is 32.1. The van der Waals surface area contributed by atoms with E-state index in [2.05, 4.69) is 10.3 Å². The summed E-state index contributed by atoms with van der Waals surface area (Å²) >= 11 is 4.80. The van der Waals surface area contributed by atoms with Crippen LogP contribution in [0, 0.1) is 5.92 Å². The molecule has 0 aliphatic heterocycles. The highest BCUT2D eigenvalue weighted by Crippen LogP contribution is 1.96. The smallest absolute Gasteiger partial charge is 0.269 e. The lowest BCUT2D eigenvalue weighted by Gasteiger charge is -2.10. The molecule has 15 heavy (non-hydrogen) atoms. The van der Waals surface area contributed by atoms with Gasteiger partial charge in [0, 0.05) is 18.7 Å². The minimum atomic E-state index is -0.210. The lowest BCUT2D eigenvalue weighted by molar-refractivity contribution is 0.0946. The topological polar surface area (TPSA) is 68.0 Å². The van der Waals surface area contributed by atoms with E-state index in [4.69, 9.17) is 18.0 Å². The van der Waals surface area contributed by atoms with Crippen molar-refractivity contribution in [3.8, 4) is 0 Å². The van der Waals surface area contributed by atoms with Crippen LogP contribution < -0.4 is 11.1 Å². The van der Waals surface area contributed by atoms with Crippen LogP contribution in [0.5, 0.6) is 0 Å². The van der Waals surface area contributed by atoms with Crippen molar-refractivity contribution in [3.63, 3.8) is 0 Å². The maximum absolute atomic E-state index is 11.5. The third-order valence-electron chi connectivity index (χ3n) is 1.95. The van der Waals surface area contributed by atoms with Gasteiger partial charge in [-0.25, -0.2) is 0 Å². The largest absolute Gasteiger partial charge is 0.393 e. The van der Waals surface area contributed by atoms with E-state index in [0.717, 1.165) is 0 Å². The predicted molar refractivity (Wildman–Crippen MR) is 62.5 cm³/mol. The van der Waals surface area contributed by atoms with Crippen LogP contribution in [0.3, 0.4) is 0 Å². The molecule has 0 saturated heterocycles. The first-order valence-electron chi connectivity index (χ1n) is 4.60. The fourth-order valence-corrected chi connectivity index (χ4v) is 1.02. The van der Waals surface area contributed by atoms with E-state index < -0.39 is 0 Å². The summed E-state index contributed by atoms with van der Waals surface area (Å²) in [6.07, 6.45) is 1.58. The first kappa shape index (κ1) is 11.6. The van der Waals surface area contributed by atoms with Crippen LogP contribution in [-0.2, 0) is 0 Å². The molecule has 1 amide bonds. The Morgan fingerprint density at radius 2 is 2.40 bits per heavy atom. The van der Waals surface area contributed by atoms with Gasteiger partial charge in [-0.05, 0) is 12.1 Å². The summed E-state index contributed by atoms with van der Waals surface area (Å²) in [5.41, 5.74) is 5.82. The quantitative estimate of drug-likeness (QED) is 0.739. The first-order chi connectivity index (χ1) is 7.11. The Hall–Kier alpha value is -1.49. The fraction of sp³-hybridized carbons (Fsp3) is 0.300. The van der Waals surface area contributed by atoms with Crippen LogP contribution in [0.4, 0.5) is 0 Å². The van der Waals surface area contributed by atoms with Crippen molar-refractivity contribution in [2.75, 3.05) is 6.54 Å². The number of amides is 1. The fourth-order valence-electron chi connectivity index (χ4n) is 0.934. The summed E-state index contributed by atoms with van der Waals surface area (Å²) in [6.45, 7) is 2.30. The molecule has 0 aliphatic rings. The van der Waals surface area contributed by atoms with Gasteiger partial charge in [0.15, 0.2) is 0 Å². The highest BCUT2D eigenvalue weighted by Gasteiger charge is 2.09. The normalized spacial score (nSPS) is 11.8. The van der Waals surface area contributed by atoms with Crippen LogP contribution in [0.15, 0.2) is 24.4 Å². The minimum absolute atomic E-state index is 0.00679. The maximum atomic E-state index is 11.5. The number of carbonyl (C=O) groups excluding carboxylic acids is 1. The Balaban J connectivity index is 2.47. The number of nitrogens with two attached hydrogens (primary N) is 1. The highest BCUT2D eigenvalue weighted by molar-refractivity contribution is 7.80. The number of hydrogen-bond acceptors (Lipinski definition) is 3. The predicted octanol–water partition coefficient (Wildman–Crippen LogP) is 0.734. The molecule has 1 atom stereocenters. The van der Waals surface area contributed by atoms with Gasteiger partial charge in [-0.3, -0.25) is 9.78 Å². The molecule has 0 fully saturated rings. The second-order valence-corrected chi connectivity index (χ2v) is 3.70. The number of nitrogens with one attached hydrogen (secondary N) is 1. The molecule has 4 nitrogen and oxygen atoms in total. The third-order valence-corrected chi connectivity index (χ3v) is 2.35. The number of rotatable bonds is 4. The Kier molecular flexibility index (Phi) is 4.17. The summed E-state index contributed by atoms with van der Waals surface area (Å²) < 4.78 is 0. The van der Waals surface area contributed by atoms with Gasteiger partial charge >= 0.3 is 0 Å². The van der Waals surface area contributed by atoms with Crippen molar-refractivity contribution in [1.29, 1.82) is 0 Å². The molecule has 0 aliphatic carbocycles. The zero-order chi connectivity index (χ0) is 11.3. The number of aromatic nitrogens is 1. The molecule has 1 rings (SSSR count). The molecule has 0 saturated carbocycles. The van der Waals surface area contributed by atoms with Crippen molar-refractivity contribution in [2.24, 2.45) is 11.7 Å². The van der Waals surface area contributed by atoms with Crippen molar-refractivity contribution in [3.05, 3.63) is 30.1 Å². The van der Waals surface area contributed by atoms with E-state index in [1.807, 2.05) is 6.92 Å². The second-order valence-electron chi connectivity index (χ2n) is 3.23. The van der Waals surface area contributed by atoms with Crippen molar-refractivity contribution in [2.45, 2.75) is 6.92 Å². The average Bonchev–Trinajstić information content (AvgIpc) is 2.26. The Bertz CT molecular complexity index is 353. The molecule has 1 heterocycles. The Morgan fingerprint density at radius 3 is 2.93 bits per heavy atom. The summed E-state index contributed by atoms with van der Waals surface area (Å²) in [6, 6.07) is 5.17. The van der Waals surface area contributed by atoms with Gasteiger partial charge in [-0.2, -0.15) is 0 Å². The van der Waals surface area contributed by atoms with E-state index in [0.29, 0.717) is 17.2 Å². The first-order valence-corrected chi connectivity index (χ1v) is 5.00. The molecular weight excluding hydrogens is 210 g/mol. The van der Waals surface area contributed by atoms with Crippen LogP contribution in [0.1, 0.15) is 17.4 Å². The van der Waals surface area contributed by atoms with Gasteiger partial charge in [0.2, 0.25) is 0 Å².